The van der Waals surface area contributed by atoms with Gasteiger partial charge < -0.3 is 5.73 Å². The SMILES string of the molecule is CCC(C)C1/C=C(\N)C2=CC=CC(CSC)C2C[C@](C)(C2CCC(C3(C)CCCCC3)CC2)[C@@H]1CC. The van der Waals surface area contributed by atoms with Gasteiger partial charge in [-0.25, -0.2) is 0 Å². The van der Waals surface area contributed by atoms with E-state index in [4.69, 9.17) is 5.73 Å². The Labute approximate surface area is 228 Å². The summed E-state index contributed by atoms with van der Waals surface area (Å²) in [4.78, 5) is 0. The largest absolute Gasteiger partial charge is 0.399 e. The molecule has 4 unspecified atom stereocenters. The van der Waals surface area contributed by atoms with Gasteiger partial charge in [0.2, 0.25) is 0 Å². The Morgan fingerprint density at radius 3 is 2.31 bits per heavy atom. The highest BCUT2D eigenvalue weighted by Gasteiger charge is 2.50. The van der Waals surface area contributed by atoms with Gasteiger partial charge in [-0.15, -0.1) is 0 Å². The monoisotopic (exact) mass is 511 g/mol. The Bertz CT molecular complexity index is 809. The van der Waals surface area contributed by atoms with Gasteiger partial charge >= 0.3 is 0 Å². The van der Waals surface area contributed by atoms with Crippen molar-refractivity contribution < 1.29 is 0 Å². The lowest BCUT2D eigenvalue weighted by Gasteiger charge is -2.54. The quantitative estimate of drug-likeness (QED) is 0.368. The van der Waals surface area contributed by atoms with Gasteiger partial charge in [0.05, 0.1) is 0 Å². The number of allylic oxidation sites excluding steroid dienone is 5. The molecule has 4 rings (SSSR count). The second kappa shape index (κ2) is 12.0. The second-order valence-electron chi connectivity index (χ2n) is 13.8. The fraction of sp³-hybridized carbons (Fsp3) is 0.824. The first kappa shape index (κ1) is 28.4. The summed E-state index contributed by atoms with van der Waals surface area (Å²) >= 11 is 2.01. The fourth-order valence-electron chi connectivity index (χ4n) is 9.47. The Morgan fingerprint density at radius 1 is 1.03 bits per heavy atom. The maximum Gasteiger partial charge on any atom is 0.0312 e. The number of hydrogen-bond acceptors (Lipinski definition) is 2. The standard InChI is InChI=1S/C34H57NS/c1-7-24(3)29-21-32(35)28-14-12-13-25(23-36-6)30(28)22-34(5,31(29)8-2)27-17-15-26(16-18-27)33(4)19-10-9-11-20-33/h12-14,21,24-27,29-31H,7-11,15-20,22-23,35H2,1-6H3/b32-21-/t24?,25?,26?,27?,29?,30?,31-,34-/m1/s1. The molecule has 0 radical (unpaired) electrons. The van der Waals surface area contributed by atoms with Crippen LogP contribution < -0.4 is 5.73 Å². The van der Waals surface area contributed by atoms with E-state index in [2.05, 4.69) is 65.2 Å². The molecule has 0 aromatic carbocycles. The van der Waals surface area contributed by atoms with E-state index in [0.717, 1.165) is 23.5 Å². The smallest absolute Gasteiger partial charge is 0.0312 e. The van der Waals surface area contributed by atoms with Gasteiger partial charge in [-0.2, -0.15) is 11.8 Å². The zero-order valence-electron chi connectivity index (χ0n) is 24.5. The number of hydrogen-bond donors (Lipinski definition) is 1. The lowest BCUT2D eigenvalue weighted by Crippen LogP contribution is -2.46. The molecule has 2 heteroatoms. The summed E-state index contributed by atoms with van der Waals surface area (Å²) in [6.07, 6.45) is 29.0. The van der Waals surface area contributed by atoms with Crippen LogP contribution in [-0.4, -0.2) is 12.0 Å². The molecule has 0 amide bonds. The molecule has 0 aromatic heterocycles. The highest BCUT2D eigenvalue weighted by Crippen LogP contribution is 2.59. The van der Waals surface area contributed by atoms with Crippen molar-refractivity contribution in [3.8, 4) is 0 Å². The summed E-state index contributed by atoms with van der Waals surface area (Å²) in [5.74, 6) is 6.20. The molecule has 0 aromatic rings. The van der Waals surface area contributed by atoms with Crippen molar-refractivity contribution in [1.29, 1.82) is 0 Å². The van der Waals surface area contributed by atoms with Crippen LogP contribution in [0.25, 0.3) is 0 Å². The van der Waals surface area contributed by atoms with Crippen molar-refractivity contribution in [2.75, 3.05) is 12.0 Å². The molecule has 6 atom stereocenters. The topological polar surface area (TPSA) is 26.0 Å². The van der Waals surface area contributed by atoms with Crippen LogP contribution in [-0.2, 0) is 0 Å². The van der Waals surface area contributed by atoms with Crippen LogP contribution in [0.15, 0.2) is 35.6 Å². The molecule has 0 spiro atoms. The summed E-state index contributed by atoms with van der Waals surface area (Å²) in [6, 6.07) is 0. The molecule has 4 aliphatic carbocycles. The van der Waals surface area contributed by atoms with Gasteiger partial charge in [-0.05, 0) is 115 Å². The maximum absolute atomic E-state index is 6.95. The first-order valence-corrected chi connectivity index (χ1v) is 17.0. The number of thioether (sulfide) groups is 1. The van der Waals surface area contributed by atoms with Gasteiger partial charge in [0, 0.05) is 5.70 Å². The molecule has 2 fully saturated rings. The molecule has 36 heavy (non-hydrogen) atoms. The molecular formula is C34H57NS. The highest BCUT2D eigenvalue weighted by atomic mass is 32.2. The summed E-state index contributed by atoms with van der Waals surface area (Å²) in [5.41, 5.74) is 10.5. The van der Waals surface area contributed by atoms with Crippen LogP contribution in [0, 0.1) is 52.3 Å². The lowest BCUT2D eigenvalue weighted by atomic mass is 9.51. The summed E-state index contributed by atoms with van der Waals surface area (Å²) in [5, 5.41) is 0. The van der Waals surface area contributed by atoms with E-state index in [1.165, 1.54) is 88.4 Å². The van der Waals surface area contributed by atoms with Gasteiger partial charge in [0.1, 0.15) is 0 Å². The van der Waals surface area contributed by atoms with Gasteiger partial charge in [0.25, 0.3) is 0 Å². The molecule has 4 aliphatic rings. The third-order valence-electron chi connectivity index (χ3n) is 12.0. The number of nitrogens with two attached hydrogens (primary N) is 1. The first-order chi connectivity index (χ1) is 17.3. The average Bonchev–Trinajstić information content (AvgIpc) is 2.89. The summed E-state index contributed by atoms with van der Waals surface area (Å²) in [7, 11) is 0. The minimum Gasteiger partial charge on any atom is -0.399 e. The summed E-state index contributed by atoms with van der Waals surface area (Å²) in [6.45, 7) is 12.7. The van der Waals surface area contributed by atoms with Crippen LogP contribution in [0.3, 0.4) is 0 Å². The Balaban J connectivity index is 1.67. The number of rotatable bonds is 7. The van der Waals surface area contributed by atoms with E-state index in [1.54, 1.807) is 0 Å². The van der Waals surface area contributed by atoms with Crippen LogP contribution in [0.5, 0.6) is 0 Å². The molecular weight excluding hydrogens is 454 g/mol. The van der Waals surface area contributed by atoms with Gasteiger partial charge in [-0.3, -0.25) is 0 Å². The third-order valence-corrected chi connectivity index (χ3v) is 12.7. The molecule has 0 saturated heterocycles. The zero-order valence-corrected chi connectivity index (χ0v) is 25.3. The molecule has 0 heterocycles. The highest BCUT2D eigenvalue weighted by molar-refractivity contribution is 7.98. The van der Waals surface area contributed by atoms with E-state index in [9.17, 15) is 0 Å². The Morgan fingerprint density at radius 2 is 1.69 bits per heavy atom. The predicted octanol–water partition coefficient (Wildman–Crippen LogP) is 9.80. The normalized spacial score (nSPS) is 41.3. The molecule has 0 bridgehead atoms. The second-order valence-corrected chi connectivity index (χ2v) is 14.7. The first-order valence-electron chi connectivity index (χ1n) is 15.6. The molecule has 1 nitrogen and oxygen atoms in total. The lowest BCUT2D eigenvalue weighted by molar-refractivity contribution is -0.0252. The van der Waals surface area contributed by atoms with Gasteiger partial charge in [-0.1, -0.05) is 91.0 Å². The minimum atomic E-state index is 0.379. The van der Waals surface area contributed by atoms with Crippen molar-refractivity contribution in [3.63, 3.8) is 0 Å². The maximum atomic E-state index is 6.95. The molecule has 0 aliphatic heterocycles. The van der Waals surface area contributed by atoms with Crippen LogP contribution in [0.1, 0.15) is 112 Å². The molecule has 204 valence electrons. The van der Waals surface area contributed by atoms with Gasteiger partial charge in [0.15, 0.2) is 0 Å². The van der Waals surface area contributed by atoms with Crippen molar-refractivity contribution >= 4 is 11.8 Å². The van der Waals surface area contributed by atoms with Crippen LogP contribution in [0.2, 0.25) is 0 Å². The average molecular weight is 512 g/mol. The van der Waals surface area contributed by atoms with Crippen molar-refractivity contribution in [3.05, 3.63) is 35.6 Å². The van der Waals surface area contributed by atoms with E-state index < -0.39 is 0 Å². The Hall–Kier alpha value is -0.630. The van der Waals surface area contributed by atoms with Crippen LogP contribution in [0.4, 0.5) is 0 Å². The minimum absolute atomic E-state index is 0.379. The zero-order chi connectivity index (χ0) is 25.9. The van der Waals surface area contributed by atoms with Crippen molar-refractivity contribution in [2.24, 2.45) is 58.0 Å². The van der Waals surface area contributed by atoms with Crippen molar-refractivity contribution in [1.82, 2.24) is 0 Å². The Kier molecular flexibility index (Phi) is 9.50. The molecule has 2 saturated carbocycles. The van der Waals surface area contributed by atoms with E-state index >= 15 is 0 Å². The predicted molar refractivity (Wildman–Crippen MR) is 161 cm³/mol. The molecule has 2 N–H and O–H groups in total. The van der Waals surface area contributed by atoms with E-state index in [1.807, 2.05) is 11.8 Å². The van der Waals surface area contributed by atoms with E-state index in [0.29, 0.717) is 34.5 Å². The number of fused-ring (bicyclic) bond motifs is 1. The van der Waals surface area contributed by atoms with Crippen LogP contribution >= 0.6 is 11.8 Å². The van der Waals surface area contributed by atoms with Crippen molar-refractivity contribution in [2.45, 2.75) is 112 Å². The third kappa shape index (κ3) is 5.55. The summed E-state index contributed by atoms with van der Waals surface area (Å²) < 4.78 is 0. The van der Waals surface area contributed by atoms with E-state index in [-0.39, 0.29) is 0 Å². The fourth-order valence-corrected chi connectivity index (χ4v) is 10.2.